The highest BCUT2D eigenvalue weighted by molar-refractivity contribution is 7.89. The van der Waals surface area contributed by atoms with Gasteiger partial charge in [-0.25, -0.2) is 4.21 Å². The Balaban J connectivity index is 3.33. The molecule has 1 atom stereocenters. The van der Waals surface area contributed by atoms with E-state index >= 15 is 0 Å². The number of nitrogens with zero attached hydrogens (tertiary/aromatic N) is 1. The fourth-order valence-electron chi connectivity index (χ4n) is 0.0645. The van der Waals surface area contributed by atoms with E-state index in [1.165, 1.54) is 0 Å². The minimum atomic E-state index is -1.23. The Morgan fingerprint density at radius 3 is 2.50 bits per heavy atom. The SMILES string of the molecule is CCS(=O)C#N. The molecule has 0 saturated carbocycles. The Kier molecular flexibility index (Phi) is 2.68. The van der Waals surface area contributed by atoms with Crippen molar-refractivity contribution < 1.29 is 4.21 Å². The van der Waals surface area contributed by atoms with E-state index < -0.39 is 10.8 Å². The minimum Gasteiger partial charge on any atom is -0.244 e. The van der Waals surface area contributed by atoms with Crippen LogP contribution in [-0.4, -0.2) is 9.96 Å². The van der Waals surface area contributed by atoms with Crippen LogP contribution in [0.3, 0.4) is 0 Å². The van der Waals surface area contributed by atoms with Crippen molar-refractivity contribution in [2.75, 3.05) is 5.75 Å². The molecule has 0 bridgehead atoms. The molecule has 0 aliphatic rings. The third-order valence-corrected chi connectivity index (χ3v) is 1.09. The van der Waals surface area contributed by atoms with Gasteiger partial charge in [-0.1, -0.05) is 6.92 Å². The number of hydrogen-bond acceptors (Lipinski definition) is 2. The summed E-state index contributed by atoms with van der Waals surface area (Å²) in [5.74, 6) is 0.441. The summed E-state index contributed by atoms with van der Waals surface area (Å²) in [6.45, 7) is 1.71. The predicted molar refractivity (Wildman–Crippen MR) is 24.3 cm³/mol. The van der Waals surface area contributed by atoms with Crippen LogP contribution in [0, 0.1) is 10.7 Å². The van der Waals surface area contributed by atoms with E-state index in [0.29, 0.717) is 5.75 Å². The molecule has 6 heavy (non-hydrogen) atoms. The van der Waals surface area contributed by atoms with Gasteiger partial charge in [0.2, 0.25) is 0 Å². The first kappa shape index (κ1) is 5.64. The van der Waals surface area contributed by atoms with Crippen molar-refractivity contribution in [1.82, 2.24) is 0 Å². The van der Waals surface area contributed by atoms with Gasteiger partial charge >= 0.3 is 0 Å². The molecule has 0 aliphatic carbocycles. The molecule has 0 aromatic carbocycles. The average molecular weight is 103 g/mol. The van der Waals surface area contributed by atoms with Crippen molar-refractivity contribution in [3.63, 3.8) is 0 Å². The predicted octanol–water partition coefficient (Wildman–Crippen LogP) is 0.236. The third kappa shape index (κ3) is 1.91. The molecule has 0 aromatic rings. The zero-order chi connectivity index (χ0) is 4.99. The Morgan fingerprint density at radius 1 is 2.00 bits per heavy atom. The second kappa shape index (κ2) is 2.86. The van der Waals surface area contributed by atoms with Crippen molar-refractivity contribution in [2.24, 2.45) is 0 Å². The van der Waals surface area contributed by atoms with Crippen molar-refractivity contribution in [3.05, 3.63) is 0 Å². The van der Waals surface area contributed by atoms with Gasteiger partial charge in [-0.3, -0.25) is 0 Å². The minimum absolute atomic E-state index is 0.441. The maximum atomic E-state index is 9.93. The lowest BCUT2D eigenvalue weighted by atomic mass is 11.0. The summed E-state index contributed by atoms with van der Waals surface area (Å²) >= 11 is 0. The topological polar surface area (TPSA) is 40.9 Å². The zero-order valence-corrected chi connectivity index (χ0v) is 4.29. The molecule has 0 spiro atoms. The Morgan fingerprint density at radius 2 is 2.50 bits per heavy atom. The van der Waals surface area contributed by atoms with Gasteiger partial charge in [-0.15, -0.1) is 0 Å². The van der Waals surface area contributed by atoms with Crippen LogP contribution in [-0.2, 0) is 10.8 Å². The third-order valence-electron chi connectivity index (χ3n) is 0.364. The molecule has 0 fully saturated rings. The number of rotatable bonds is 1. The van der Waals surface area contributed by atoms with Crippen LogP contribution in [0.2, 0.25) is 0 Å². The van der Waals surface area contributed by atoms with Crippen LogP contribution in [0.15, 0.2) is 0 Å². The summed E-state index contributed by atoms with van der Waals surface area (Å²) in [5, 5.41) is 9.37. The summed E-state index contributed by atoms with van der Waals surface area (Å²) < 4.78 is 9.93. The van der Waals surface area contributed by atoms with Gasteiger partial charge in [0.05, 0.1) is 0 Å². The van der Waals surface area contributed by atoms with Gasteiger partial charge in [0, 0.05) is 5.75 Å². The summed E-state index contributed by atoms with van der Waals surface area (Å²) in [4.78, 5) is 0. The second-order valence-corrected chi connectivity index (χ2v) is 2.18. The normalized spacial score (nSPS) is 12.7. The van der Waals surface area contributed by atoms with Gasteiger partial charge in [0.15, 0.2) is 5.40 Å². The average Bonchev–Trinajstić information content (AvgIpc) is 1.65. The zero-order valence-electron chi connectivity index (χ0n) is 3.47. The molecule has 0 aliphatic heterocycles. The molecule has 34 valence electrons. The van der Waals surface area contributed by atoms with E-state index in [0.717, 1.165) is 0 Å². The monoisotopic (exact) mass is 103 g/mol. The standard InChI is InChI=1S/C3H5NOS/c1-2-6(5)3-4/h2H2,1H3. The van der Waals surface area contributed by atoms with Gasteiger partial charge in [-0.05, 0) is 0 Å². The summed E-state index contributed by atoms with van der Waals surface area (Å²) in [5.41, 5.74) is 0. The number of thiocyanates is 1. The molecular weight excluding hydrogens is 98.1 g/mol. The van der Waals surface area contributed by atoms with E-state index in [4.69, 9.17) is 5.26 Å². The summed E-state index contributed by atoms with van der Waals surface area (Å²) in [7, 11) is -1.23. The lowest BCUT2D eigenvalue weighted by Gasteiger charge is -1.70. The van der Waals surface area contributed by atoms with Crippen LogP contribution >= 0.6 is 0 Å². The Labute approximate surface area is 39.2 Å². The van der Waals surface area contributed by atoms with Crippen LogP contribution in [0.4, 0.5) is 0 Å². The lowest BCUT2D eigenvalue weighted by molar-refractivity contribution is 0.689. The smallest absolute Gasteiger partial charge is 0.165 e. The molecule has 0 saturated heterocycles. The first-order valence-corrected chi connectivity index (χ1v) is 2.91. The molecule has 0 heterocycles. The molecule has 0 radical (unpaired) electrons. The summed E-state index contributed by atoms with van der Waals surface area (Å²) in [6.07, 6.45) is 0. The van der Waals surface area contributed by atoms with Crippen LogP contribution in [0.5, 0.6) is 0 Å². The number of hydrogen-bond donors (Lipinski definition) is 0. The van der Waals surface area contributed by atoms with E-state index in [9.17, 15) is 4.21 Å². The van der Waals surface area contributed by atoms with Gasteiger partial charge in [-0.2, -0.15) is 5.26 Å². The molecular formula is C3H5NOS. The molecule has 0 rings (SSSR count). The van der Waals surface area contributed by atoms with Crippen LogP contribution < -0.4 is 0 Å². The quantitative estimate of drug-likeness (QED) is 0.446. The van der Waals surface area contributed by atoms with E-state index in [2.05, 4.69) is 0 Å². The highest BCUT2D eigenvalue weighted by atomic mass is 32.2. The first-order chi connectivity index (χ1) is 2.81. The molecule has 0 aromatic heterocycles. The van der Waals surface area contributed by atoms with Crippen LogP contribution in [0.25, 0.3) is 0 Å². The maximum Gasteiger partial charge on any atom is 0.165 e. The fourth-order valence-corrected chi connectivity index (χ4v) is 0.194. The molecule has 2 nitrogen and oxygen atoms in total. The number of nitriles is 1. The van der Waals surface area contributed by atoms with Crippen LogP contribution in [0.1, 0.15) is 6.92 Å². The fraction of sp³-hybridized carbons (Fsp3) is 0.667. The van der Waals surface area contributed by atoms with Gasteiger partial charge in [0.25, 0.3) is 0 Å². The Hall–Kier alpha value is -0.360. The molecule has 1 unspecified atom stereocenters. The van der Waals surface area contributed by atoms with Crippen molar-refractivity contribution in [2.45, 2.75) is 6.92 Å². The van der Waals surface area contributed by atoms with Crippen molar-refractivity contribution in [3.8, 4) is 5.40 Å². The summed E-state index contributed by atoms with van der Waals surface area (Å²) in [6, 6.07) is 0. The van der Waals surface area contributed by atoms with Gasteiger partial charge < -0.3 is 0 Å². The molecule has 0 N–H and O–H groups in total. The second-order valence-electron chi connectivity index (χ2n) is 0.725. The van der Waals surface area contributed by atoms with Crippen molar-refractivity contribution in [1.29, 1.82) is 5.26 Å². The van der Waals surface area contributed by atoms with E-state index in [1.807, 2.05) is 0 Å². The largest absolute Gasteiger partial charge is 0.244 e. The highest BCUT2D eigenvalue weighted by Crippen LogP contribution is 1.70. The highest BCUT2D eigenvalue weighted by Gasteiger charge is 1.83. The van der Waals surface area contributed by atoms with E-state index in [1.54, 1.807) is 12.3 Å². The van der Waals surface area contributed by atoms with Gasteiger partial charge in [0.1, 0.15) is 10.8 Å². The molecule has 0 amide bonds. The van der Waals surface area contributed by atoms with E-state index in [-0.39, 0.29) is 0 Å². The maximum absolute atomic E-state index is 9.93. The first-order valence-electron chi connectivity index (χ1n) is 1.59. The van der Waals surface area contributed by atoms with Crippen molar-refractivity contribution >= 4 is 10.8 Å². The Bertz CT molecular complexity index is 93.5. The molecule has 3 heteroatoms. The lowest BCUT2D eigenvalue weighted by Crippen LogP contribution is -1.83.